The highest BCUT2D eigenvalue weighted by Gasteiger charge is 2.46. The van der Waals surface area contributed by atoms with E-state index in [1.54, 1.807) is 11.3 Å². The van der Waals surface area contributed by atoms with Crippen molar-refractivity contribution in [1.82, 2.24) is 30.5 Å². The molecule has 2 unspecified atom stereocenters. The van der Waals surface area contributed by atoms with Crippen molar-refractivity contribution in [3.63, 3.8) is 0 Å². The van der Waals surface area contributed by atoms with Gasteiger partial charge < -0.3 is 35.0 Å². The van der Waals surface area contributed by atoms with Gasteiger partial charge in [0.1, 0.15) is 35.0 Å². The molecule has 5 aromatic carbocycles. The van der Waals surface area contributed by atoms with Crippen LogP contribution in [0.2, 0.25) is 0 Å². The molecule has 8 aromatic rings. The van der Waals surface area contributed by atoms with Crippen LogP contribution in [0.25, 0.3) is 31.8 Å². The molecule has 0 saturated carbocycles. The standard InChI is InChI=1S/C69H76N8O8S2/c1-40-49(50-30-31-57(73-58(50)64(82)85-68(7,8)9)76-35-33-45-16-14-18-51(52(45)38-76)61(79)75-66-72-53-19-12-13-21-56(53)87-66)17-15-20-55(40)84-48-28-22-43(23-29-48)32-34-69(10,11)65(83)74-60(67(4,5)6)63(81)77-37-47(78)36-54(77)62(80)71-41(2)44-24-26-46(27-25-44)59-42(3)70-39-86-59/h12-31,39,41,47,54,60,78H,32-38H2,1-11H3,(H,71,80)(H,74,83)(H,72,75,79)/t41?,47-,54+,60?/m1/s1. The first-order valence-electron chi connectivity index (χ1n) is 29.5. The summed E-state index contributed by atoms with van der Waals surface area (Å²) in [4.78, 5) is 89.4. The van der Waals surface area contributed by atoms with E-state index in [1.165, 1.54) is 16.2 Å². The van der Waals surface area contributed by atoms with Crippen LogP contribution in [0.1, 0.15) is 136 Å². The quantitative estimate of drug-likeness (QED) is 0.0629. The van der Waals surface area contributed by atoms with Gasteiger partial charge in [-0.1, -0.05) is 119 Å². The summed E-state index contributed by atoms with van der Waals surface area (Å²) in [6.07, 6.45) is 0.869. The fourth-order valence-corrected chi connectivity index (χ4v) is 12.9. The van der Waals surface area contributed by atoms with Gasteiger partial charge in [0.2, 0.25) is 17.7 Å². The topological polar surface area (TPSA) is 205 Å². The van der Waals surface area contributed by atoms with Gasteiger partial charge >= 0.3 is 5.97 Å². The number of rotatable bonds is 17. The molecule has 5 heterocycles. The molecule has 452 valence electrons. The lowest BCUT2D eigenvalue weighted by molar-refractivity contribution is -0.145. The molecular formula is C69H76N8O8S2. The van der Waals surface area contributed by atoms with Crippen molar-refractivity contribution in [3.8, 4) is 33.1 Å². The average molecular weight is 1210 g/mol. The van der Waals surface area contributed by atoms with Gasteiger partial charge in [0.15, 0.2) is 10.8 Å². The molecule has 0 spiro atoms. The van der Waals surface area contributed by atoms with Crippen LogP contribution in [0.5, 0.6) is 11.5 Å². The van der Waals surface area contributed by atoms with Crippen LogP contribution in [0, 0.1) is 24.7 Å². The number of aryl methyl sites for hydroxylation is 2. The number of benzene rings is 5. The van der Waals surface area contributed by atoms with Gasteiger partial charge in [0.05, 0.1) is 38.4 Å². The highest BCUT2D eigenvalue weighted by Crippen LogP contribution is 2.38. The number of aromatic nitrogens is 3. The molecule has 4 N–H and O–H groups in total. The summed E-state index contributed by atoms with van der Waals surface area (Å²) in [5.41, 5.74) is 8.88. The molecule has 87 heavy (non-hydrogen) atoms. The summed E-state index contributed by atoms with van der Waals surface area (Å²) < 4.78 is 13.5. The number of nitrogens with one attached hydrogen (secondary N) is 3. The molecule has 2 aliphatic heterocycles. The second-order valence-electron chi connectivity index (χ2n) is 25.5. The lowest BCUT2D eigenvalue weighted by atomic mass is 9.82. The Kier molecular flexibility index (Phi) is 17.9. The molecule has 0 aliphatic carbocycles. The smallest absolute Gasteiger partial charge is 0.358 e. The second kappa shape index (κ2) is 25.2. The van der Waals surface area contributed by atoms with Gasteiger partial charge in [-0.25, -0.2) is 19.7 Å². The molecule has 2 aliphatic rings. The zero-order chi connectivity index (χ0) is 62.1. The minimum absolute atomic E-state index is 0.0268. The molecule has 0 bridgehead atoms. The van der Waals surface area contributed by atoms with Crippen molar-refractivity contribution in [1.29, 1.82) is 0 Å². The molecule has 1 saturated heterocycles. The van der Waals surface area contributed by atoms with Crippen molar-refractivity contribution in [2.45, 2.75) is 138 Å². The number of pyridine rings is 1. The number of β-amino-alcohol motifs (C(OH)–C–C–N with tert-alkyl or cyclic N) is 1. The fourth-order valence-electron chi connectivity index (χ4n) is 11.2. The number of aliphatic hydroxyl groups is 1. The Balaban J connectivity index is 0.783. The Bertz CT molecular complexity index is 3850. The highest BCUT2D eigenvalue weighted by molar-refractivity contribution is 7.22. The minimum Gasteiger partial charge on any atom is -0.457 e. The summed E-state index contributed by atoms with van der Waals surface area (Å²) in [6, 6.07) is 36.5. The number of hydrogen-bond donors (Lipinski definition) is 4. The van der Waals surface area contributed by atoms with E-state index >= 15 is 0 Å². The summed E-state index contributed by atoms with van der Waals surface area (Å²) in [7, 11) is 0. The second-order valence-corrected chi connectivity index (χ2v) is 27.4. The van der Waals surface area contributed by atoms with Gasteiger partial charge in [-0.2, -0.15) is 0 Å². The Hall–Kier alpha value is -8.32. The summed E-state index contributed by atoms with van der Waals surface area (Å²) in [5.74, 6) is -0.150. The zero-order valence-corrected chi connectivity index (χ0v) is 52.9. The monoisotopic (exact) mass is 1210 g/mol. The Labute approximate surface area is 516 Å². The number of ether oxygens (including phenoxy) is 2. The average Bonchev–Trinajstić information content (AvgIpc) is 1.26. The number of para-hydroxylation sites is 1. The van der Waals surface area contributed by atoms with Crippen LogP contribution in [-0.4, -0.2) is 91.4 Å². The van der Waals surface area contributed by atoms with Gasteiger partial charge in [-0.3, -0.25) is 24.5 Å². The minimum atomic E-state index is -0.977. The van der Waals surface area contributed by atoms with Gasteiger partial charge in [-0.15, -0.1) is 11.3 Å². The number of carbonyl (C=O) groups excluding carboxylic acids is 5. The maximum atomic E-state index is 14.5. The van der Waals surface area contributed by atoms with Crippen molar-refractivity contribution in [2.75, 3.05) is 23.3 Å². The summed E-state index contributed by atoms with van der Waals surface area (Å²) in [6.45, 7) is 21.6. The van der Waals surface area contributed by atoms with E-state index in [0.29, 0.717) is 65.9 Å². The van der Waals surface area contributed by atoms with E-state index in [-0.39, 0.29) is 42.4 Å². The fraction of sp³-hybridized carbons (Fsp3) is 0.362. The normalized spacial score (nSPS) is 16.0. The SMILES string of the molecule is Cc1ncsc1-c1ccc(C(C)NC(=O)[C@@H]2C[C@@H](O)CN2C(=O)C(NC(=O)C(C)(C)CCc2ccc(Oc3cccc(-c4ccc(N5CCc6cccc(C(=O)Nc7nc8ccccc8s7)c6C5)nc4C(=O)OC(C)(C)C)c3C)cc2)C(C)(C)C)cc1. The number of fused-ring (bicyclic) bond motifs is 2. The zero-order valence-electron chi connectivity index (χ0n) is 51.2. The van der Waals surface area contributed by atoms with Crippen LogP contribution in [0.3, 0.4) is 0 Å². The molecule has 4 amide bonds. The van der Waals surface area contributed by atoms with Crippen LogP contribution >= 0.6 is 22.7 Å². The highest BCUT2D eigenvalue weighted by atomic mass is 32.1. The van der Waals surface area contributed by atoms with Crippen molar-refractivity contribution in [3.05, 3.63) is 172 Å². The first-order valence-corrected chi connectivity index (χ1v) is 31.2. The Morgan fingerprint density at radius 2 is 1.54 bits per heavy atom. The van der Waals surface area contributed by atoms with Gasteiger partial charge in [0, 0.05) is 42.6 Å². The predicted molar refractivity (Wildman–Crippen MR) is 343 cm³/mol. The van der Waals surface area contributed by atoms with Gasteiger partial charge in [-0.05, 0) is 154 Å². The van der Waals surface area contributed by atoms with Crippen LogP contribution in [0.15, 0.2) is 127 Å². The van der Waals surface area contributed by atoms with E-state index in [9.17, 15) is 29.1 Å². The van der Waals surface area contributed by atoms with Crippen LogP contribution < -0.4 is 25.6 Å². The molecule has 10 rings (SSSR count). The third kappa shape index (κ3) is 14.1. The van der Waals surface area contributed by atoms with E-state index in [4.69, 9.17) is 14.5 Å². The first-order chi connectivity index (χ1) is 41.3. The number of likely N-dealkylation sites (tertiary alicyclic amines) is 1. The van der Waals surface area contributed by atoms with E-state index in [2.05, 4.69) is 36.9 Å². The lowest BCUT2D eigenvalue weighted by Gasteiger charge is -2.37. The van der Waals surface area contributed by atoms with Crippen molar-refractivity contribution < 1.29 is 38.6 Å². The molecule has 16 nitrogen and oxygen atoms in total. The molecule has 4 atom stereocenters. The largest absolute Gasteiger partial charge is 0.457 e. The molecule has 3 aromatic heterocycles. The van der Waals surface area contributed by atoms with Crippen molar-refractivity contribution >= 4 is 73.4 Å². The van der Waals surface area contributed by atoms with E-state index in [1.807, 2.05) is 197 Å². The number of aliphatic hydroxyl groups excluding tert-OH is 1. The Morgan fingerprint density at radius 1 is 0.805 bits per heavy atom. The predicted octanol–water partition coefficient (Wildman–Crippen LogP) is 13.0. The lowest BCUT2D eigenvalue weighted by Crippen LogP contribution is -2.59. The number of nitrogens with zero attached hydrogens (tertiary/aromatic N) is 5. The number of carbonyl (C=O) groups is 5. The van der Waals surface area contributed by atoms with Gasteiger partial charge in [0.25, 0.3) is 5.91 Å². The third-order valence-corrected chi connectivity index (χ3v) is 18.2. The number of anilines is 2. The third-order valence-electron chi connectivity index (χ3n) is 16.2. The first kappa shape index (κ1) is 61.8. The van der Waals surface area contributed by atoms with Crippen LogP contribution in [0.4, 0.5) is 10.9 Å². The summed E-state index contributed by atoms with van der Waals surface area (Å²) in [5, 5.41) is 20.6. The number of hydrogen-bond acceptors (Lipinski definition) is 14. The maximum Gasteiger partial charge on any atom is 0.358 e. The molecular weight excluding hydrogens is 1130 g/mol. The maximum absolute atomic E-state index is 14.5. The van der Waals surface area contributed by atoms with Crippen LogP contribution in [-0.2, 0) is 38.5 Å². The number of thiazole rings is 2. The van der Waals surface area contributed by atoms with E-state index < -0.39 is 46.5 Å². The van der Waals surface area contributed by atoms with Crippen molar-refractivity contribution in [2.24, 2.45) is 10.8 Å². The Morgan fingerprint density at radius 3 is 2.24 bits per heavy atom. The molecule has 1 fully saturated rings. The molecule has 0 radical (unpaired) electrons. The molecule has 18 heteroatoms. The van der Waals surface area contributed by atoms with E-state index in [0.717, 1.165) is 59.7 Å². The number of esters is 1. The number of amides is 4. The summed E-state index contributed by atoms with van der Waals surface area (Å²) >= 11 is 3.00.